The van der Waals surface area contributed by atoms with E-state index in [1.165, 1.54) is 0 Å². The zero-order valence-corrected chi connectivity index (χ0v) is 15.5. The number of hydrogen-bond acceptors (Lipinski definition) is 5. The van der Waals surface area contributed by atoms with Crippen molar-refractivity contribution < 1.29 is 19.1 Å². The molecule has 142 valence electrons. The van der Waals surface area contributed by atoms with E-state index in [0.717, 1.165) is 5.56 Å². The van der Waals surface area contributed by atoms with Crippen molar-refractivity contribution in [2.75, 3.05) is 20.3 Å². The summed E-state index contributed by atoms with van der Waals surface area (Å²) in [7, 11) is 1.55. The van der Waals surface area contributed by atoms with Crippen LogP contribution in [0, 0.1) is 0 Å². The molecule has 0 unspecified atom stereocenters. The highest BCUT2D eigenvalue weighted by atomic mass is 35.5. The number of hydrogen-bond donors (Lipinski definition) is 2. The number of benzene rings is 1. The molecule has 1 aliphatic rings. The number of carbonyl (C=O) groups excluding carboxylic acids is 2. The molecule has 27 heavy (non-hydrogen) atoms. The number of aromatic nitrogens is 1. The van der Waals surface area contributed by atoms with E-state index in [2.05, 4.69) is 15.6 Å². The van der Waals surface area contributed by atoms with E-state index < -0.39 is 12.1 Å². The first kappa shape index (κ1) is 19.1. The van der Waals surface area contributed by atoms with Crippen molar-refractivity contribution in [3.63, 3.8) is 0 Å². The van der Waals surface area contributed by atoms with E-state index in [1.807, 2.05) is 12.1 Å². The minimum absolute atomic E-state index is 0.171. The number of amides is 2. The van der Waals surface area contributed by atoms with Crippen LogP contribution in [0.25, 0.3) is 0 Å². The van der Waals surface area contributed by atoms with Gasteiger partial charge in [-0.15, -0.1) is 0 Å². The Labute approximate surface area is 162 Å². The van der Waals surface area contributed by atoms with Gasteiger partial charge in [-0.1, -0.05) is 35.9 Å². The zero-order valence-electron chi connectivity index (χ0n) is 14.8. The number of rotatable bonds is 6. The SMILES string of the molecule is COc1ncccc1CCNC(=O)[C@H]1OCC(=O)N[C@@H]1c1ccccc1Cl. The molecule has 2 aromatic rings. The fourth-order valence-electron chi connectivity index (χ4n) is 2.97. The Morgan fingerprint density at radius 1 is 1.37 bits per heavy atom. The largest absolute Gasteiger partial charge is 0.481 e. The number of morpholine rings is 1. The second-order valence-corrected chi connectivity index (χ2v) is 6.42. The van der Waals surface area contributed by atoms with Crippen LogP contribution < -0.4 is 15.4 Å². The Hall–Kier alpha value is -2.64. The molecule has 0 bridgehead atoms. The molecule has 0 saturated carbocycles. The van der Waals surface area contributed by atoms with Crippen molar-refractivity contribution >= 4 is 23.4 Å². The maximum absolute atomic E-state index is 12.7. The summed E-state index contributed by atoms with van der Waals surface area (Å²) in [4.78, 5) is 28.6. The second kappa shape index (κ2) is 8.83. The maximum Gasteiger partial charge on any atom is 0.251 e. The number of methoxy groups -OCH3 is 1. The Morgan fingerprint density at radius 3 is 2.96 bits per heavy atom. The van der Waals surface area contributed by atoms with Crippen LogP contribution in [0.2, 0.25) is 5.02 Å². The Morgan fingerprint density at radius 2 is 2.19 bits per heavy atom. The fraction of sp³-hybridized carbons (Fsp3) is 0.316. The van der Waals surface area contributed by atoms with Crippen LogP contribution in [0.1, 0.15) is 17.2 Å². The van der Waals surface area contributed by atoms with E-state index in [1.54, 1.807) is 37.6 Å². The lowest BCUT2D eigenvalue weighted by atomic mass is 9.99. The van der Waals surface area contributed by atoms with Gasteiger partial charge in [0.1, 0.15) is 6.61 Å². The summed E-state index contributed by atoms with van der Waals surface area (Å²) in [6, 6.07) is 10.1. The van der Waals surface area contributed by atoms with Gasteiger partial charge in [-0.25, -0.2) is 4.98 Å². The summed E-state index contributed by atoms with van der Waals surface area (Å²) in [6.07, 6.45) is 1.34. The van der Waals surface area contributed by atoms with Gasteiger partial charge in [-0.05, 0) is 24.1 Å². The van der Waals surface area contributed by atoms with Gasteiger partial charge >= 0.3 is 0 Å². The maximum atomic E-state index is 12.7. The molecule has 7 nitrogen and oxygen atoms in total. The fourth-order valence-corrected chi connectivity index (χ4v) is 3.22. The minimum Gasteiger partial charge on any atom is -0.481 e. The topological polar surface area (TPSA) is 89.6 Å². The standard InChI is InChI=1S/C19H20ClN3O4/c1-26-19-12(5-4-9-22-19)8-10-21-18(25)17-16(23-15(24)11-27-17)13-6-2-3-7-14(13)20/h2-7,9,16-17H,8,10-11H2,1H3,(H,21,25)(H,23,24)/t16-,17+/m1/s1. The predicted octanol–water partition coefficient (Wildman–Crippen LogP) is 1.66. The number of nitrogens with zero attached hydrogens (tertiary/aromatic N) is 1. The molecule has 2 amide bonds. The third kappa shape index (κ3) is 4.56. The first-order valence-electron chi connectivity index (χ1n) is 8.51. The lowest BCUT2D eigenvalue weighted by Crippen LogP contribution is -2.52. The summed E-state index contributed by atoms with van der Waals surface area (Å²) in [6.45, 7) is 0.208. The molecule has 0 radical (unpaired) electrons. The molecular formula is C19H20ClN3O4. The predicted molar refractivity (Wildman–Crippen MR) is 99.6 cm³/mol. The molecule has 1 aromatic heterocycles. The first-order chi connectivity index (χ1) is 13.1. The third-order valence-electron chi connectivity index (χ3n) is 4.25. The molecule has 1 aliphatic heterocycles. The molecule has 3 rings (SSSR count). The third-order valence-corrected chi connectivity index (χ3v) is 4.59. The summed E-state index contributed by atoms with van der Waals surface area (Å²) in [5, 5.41) is 6.10. The molecule has 1 aromatic carbocycles. The number of ether oxygens (including phenoxy) is 2. The molecule has 8 heteroatoms. The van der Waals surface area contributed by atoms with Gasteiger partial charge in [0.25, 0.3) is 5.91 Å². The molecule has 2 heterocycles. The number of nitrogens with one attached hydrogen (secondary N) is 2. The van der Waals surface area contributed by atoms with E-state index >= 15 is 0 Å². The van der Waals surface area contributed by atoms with Crippen LogP contribution in [-0.4, -0.2) is 43.2 Å². The van der Waals surface area contributed by atoms with Crippen LogP contribution >= 0.6 is 11.6 Å². The lowest BCUT2D eigenvalue weighted by Gasteiger charge is -2.32. The van der Waals surface area contributed by atoms with Crippen molar-refractivity contribution in [1.82, 2.24) is 15.6 Å². The van der Waals surface area contributed by atoms with Gasteiger partial charge in [0.15, 0.2) is 6.10 Å². The zero-order chi connectivity index (χ0) is 19.2. The van der Waals surface area contributed by atoms with E-state index in [4.69, 9.17) is 21.1 Å². The van der Waals surface area contributed by atoms with Gasteiger partial charge in [0.2, 0.25) is 11.8 Å². The highest BCUT2D eigenvalue weighted by Crippen LogP contribution is 2.28. The van der Waals surface area contributed by atoms with E-state index in [-0.39, 0.29) is 18.4 Å². The Bertz CT molecular complexity index is 830. The summed E-state index contributed by atoms with van der Waals surface area (Å²) < 4.78 is 10.7. The van der Waals surface area contributed by atoms with Gasteiger partial charge < -0.3 is 20.1 Å². The second-order valence-electron chi connectivity index (χ2n) is 6.01. The van der Waals surface area contributed by atoms with E-state index in [0.29, 0.717) is 29.4 Å². The smallest absolute Gasteiger partial charge is 0.251 e. The van der Waals surface area contributed by atoms with Gasteiger partial charge in [0, 0.05) is 23.3 Å². The van der Waals surface area contributed by atoms with Crippen molar-refractivity contribution in [2.45, 2.75) is 18.6 Å². The molecule has 0 spiro atoms. The van der Waals surface area contributed by atoms with Gasteiger partial charge in [0.05, 0.1) is 13.2 Å². The number of carbonyl (C=O) groups is 2. The van der Waals surface area contributed by atoms with Crippen molar-refractivity contribution in [3.05, 3.63) is 58.7 Å². The highest BCUT2D eigenvalue weighted by molar-refractivity contribution is 6.31. The minimum atomic E-state index is -0.863. The van der Waals surface area contributed by atoms with E-state index in [9.17, 15) is 9.59 Å². The van der Waals surface area contributed by atoms with Crippen molar-refractivity contribution in [3.8, 4) is 5.88 Å². The van der Waals surface area contributed by atoms with Crippen LogP contribution in [0.4, 0.5) is 0 Å². The van der Waals surface area contributed by atoms with Gasteiger partial charge in [-0.2, -0.15) is 0 Å². The average molecular weight is 390 g/mol. The Balaban J connectivity index is 1.67. The molecule has 2 N–H and O–H groups in total. The van der Waals surface area contributed by atoms with Crippen molar-refractivity contribution in [2.24, 2.45) is 0 Å². The molecule has 0 aliphatic carbocycles. The monoisotopic (exact) mass is 389 g/mol. The van der Waals surface area contributed by atoms with Crippen LogP contribution in [0.3, 0.4) is 0 Å². The van der Waals surface area contributed by atoms with Crippen LogP contribution in [0.5, 0.6) is 5.88 Å². The first-order valence-corrected chi connectivity index (χ1v) is 8.89. The normalized spacial score (nSPS) is 19.3. The summed E-state index contributed by atoms with van der Waals surface area (Å²) >= 11 is 6.23. The van der Waals surface area contributed by atoms with Crippen LogP contribution in [-0.2, 0) is 20.7 Å². The highest BCUT2D eigenvalue weighted by Gasteiger charge is 2.36. The molecular weight excluding hydrogens is 370 g/mol. The van der Waals surface area contributed by atoms with Crippen LogP contribution in [0.15, 0.2) is 42.6 Å². The average Bonchev–Trinajstić information content (AvgIpc) is 2.68. The molecule has 2 atom stereocenters. The van der Waals surface area contributed by atoms with Crippen molar-refractivity contribution in [1.29, 1.82) is 0 Å². The quantitative estimate of drug-likeness (QED) is 0.784. The summed E-state index contributed by atoms with van der Waals surface area (Å²) in [5.41, 5.74) is 1.53. The molecule has 1 fully saturated rings. The lowest BCUT2D eigenvalue weighted by molar-refractivity contribution is -0.148. The summed E-state index contributed by atoms with van der Waals surface area (Å²) in [5.74, 6) is -0.0753. The van der Waals surface area contributed by atoms with Gasteiger partial charge in [-0.3, -0.25) is 9.59 Å². The number of halogens is 1. The molecule has 1 saturated heterocycles. The Kier molecular flexibility index (Phi) is 6.26. The number of pyridine rings is 1.